The van der Waals surface area contributed by atoms with E-state index in [0.717, 1.165) is 16.7 Å². The molecule has 4 amide bonds. The number of hydrogen-bond acceptors (Lipinski definition) is 3. The van der Waals surface area contributed by atoms with Crippen LogP contribution in [0, 0.1) is 0 Å². The van der Waals surface area contributed by atoms with Crippen molar-refractivity contribution in [3.8, 4) is 0 Å². The van der Waals surface area contributed by atoms with Gasteiger partial charge in [0.25, 0.3) is 0 Å². The Hall–Kier alpha value is -4.13. The minimum atomic E-state index is -0.724. The van der Waals surface area contributed by atoms with Crippen LogP contribution in [0.25, 0.3) is 0 Å². The lowest BCUT2D eigenvalue weighted by Gasteiger charge is -2.29. The molecule has 0 spiro atoms. The number of carbonyl (C=O) groups is 3. The average Bonchev–Trinajstić information content (AvgIpc) is 2.94. The van der Waals surface area contributed by atoms with Crippen molar-refractivity contribution < 1.29 is 14.4 Å². The first-order valence-electron chi connectivity index (χ1n) is 10.4. The molecule has 4 rings (SSSR count). The number of benzene rings is 3. The molecule has 1 aliphatic rings. The van der Waals surface area contributed by atoms with Crippen molar-refractivity contribution in [3.63, 3.8) is 0 Å². The smallest absolute Gasteiger partial charge is 0.318 e. The molecule has 1 atom stereocenters. The number of amides is 4. The Morgan fingerprint density at radius 1 is 0.969 bits per heavy atom. The van der Waals surface area contributed by atoms with Crippen LogP contribution in [0.3, 0.4) is 0 Å². The molecule has 1 heterocycles. The normalized spacial score (nSPS) is 15.3. The molecule has 4 N–H and O–H groups in total. The van der Waals surface area contributed by atoms with Gasteiger partial charge in [-0.05, 0) is 28.8 Å². The van der Waals surface area contributed by atoms with Crippen molar-refractivity contribution >= 4 is 23.5 Å². The number of nitrogens with one attached hydrogen (secondary N) is 2. The molecule has 0 bridgehead atoms. The van der Waals surface area contributed by atoms with Gasteiger partial charge in [-0.1, -0.05) is 66.7 Å². The van der Waals surface area contributed by atoms with Gasteiger partial charge in [0.1, 0.15) is 6.04 Å². The fraction of sp³-hybridized carbons (Fsp3) is 0.160. The van der Waals surface area contributed by atoms with Crippen molar-refractivity contribution in [2.24, 2.45) is 5.73 Å². The van der Waals surface area contributed by atoms with Crippen LogP contribution in [-0.4, -0.2) is 28.8 Å². The van der Waals surface area contributed by atoms with Gasteiger partial charge in [0.2, 0.25) is 11.8 Å². The number of nitrogens with zero attached hydrogens (tertiary/aromatic N) is 1. The third-order valence-corrected chi connectivity index (χ3v) is 5.49. The zero-order valence-corrected chi connectivity index (χ0v) is 17.5. The summed E-state index contributed by atoms with van der Waals surface area (Å²) in [7, 11) is 0. The Kier molecular flexibility index (Phi) is 6.17. The van der Waals surface area contributed by atoms with E-state index in [2.05, 4.69) is 10.6 Å². The lowest BCUT2D eigenvalue weighted by Crippen LogP contribution is -2.50. The number of urea groups is 1. The topological polar surface area (TPSA) is 105 Å². The van der Waals surface area contributed by atoms with Gasteiger partial charge < -0.3 is 21.3 Å². The third kappa shape index (κ3) is 4.78. The maximum absolute atomic E-state index is 13.2. The van der Waals surface area contributed by atoms with Crippen LogP contribution in [-0.2, 0) is 24.3 Å². The molecule has 0 saturated heterocycles. The van der Waals surface area contributed by atoms with Crippen LogP contribution < -0.4 is 16.4 Å². The Morgan fingerprint density at radius 2 is 1.62 bits per heavy atom. The Balaban J connectivity index is 1.63. The summed E-state index contributed by atoms with van der Waals surface area (Å²) in [4.78, 5) is 39.5. The number of hydrogen-bond donors (Lipinski definition) is 3. The number of primary amides is 1. The largest absolute Gasteiger partial charge is 0.366 e. The van der Waals surface area contributed by atoms with Crippen LogP contribution in [0.5, 0.6) is 0 Å². The molecular weight excluding hydrogens is 404 g/mol. The van der Waals surface area contributed by atoms with Gasteiger partial charge >= 0.3 is 6.03 Å². The Bertz CT molecular complexity index is 1130. The van der Waals surface area contributed by atoms with Crippen molar-refractivity contribution in [2.45, 2.75) is 25.6 Å². The van der Waals surface area contributed by atoms with E-state index in [9.17, 15) is 14.4 Å². The Labute approximate surface area is 186 Å². The molecule has 0 saturated carbocycles. The van der Waals surface area contributed by atoms with E-state index in [0.29, 0.717) is 24.2 Å². The summed E-state index contributed by atoms with van der Waals surface area (Å²) >= 11 is 0. The summed E-state index contributed by atoms with van der Waals surface area (Å²) in [6, 6.07) is 23.0. The summed E-state index contributed by atoms with van der Waals surface area (Å²) in [5, 5.41) is 5.80. The maximum atomic E-state index is 13.2. The first-order chi connectivity index (χ1) is 15.5. The number of carbonyl (C=O) groups excluding carboxylic acids is 3. The third-order valence-electron chi connectivity index (χ3n) is 5.49. The highest BCUT2D eigenvalue weighted by atomic mass is 16.2. The van der Waals surface area contributed by atoms with Gasteiger partial charge in [-0.25, -0.2) is 4.79 Å². The minimum absolute atomic E-state index is 0.214. The number of fused-ring (bicyclic) bond motifs is 1. The van der Waals surface area contributed by atoms with Crippen LogP contribution in [0.1, 0.15) is 27.0 Å². The van der Waals surface area contributed by atoms with Crippen LogP contribution in [0.4, 0.5) is 10.5 Å². The number of nitrogens with two attached hydrogens (primary N) is 1. The number of rotatable bonds is 5. The van der Waals surface area contributed by atoms with Crippen molar-refractivity contribution in [3.05, 3.63) is 101 Å². The average molecular weight is 428 g/mol. The first kappa shape index (κ1) is 21.1. The van der Waals surface area contributed by atoms with Gasteiger partial charge in [-0.15, -0.1) is 0 Å². The lowest BCUT2D eigenvalue weighted by atomic mass is 10.0. The highest BCUT2D eigenvalue weighted by Crippen LogP contribution is 2.26. The first-order valence-corrected chi connectivity index (χ1v) is 10.4. The summed E-state index contributed by atoms with van der Waals surface area (Å²) in [5.74, 6) is -0.895. The molecular formula is C25H24N4O3. The zero-order valence-electron chi connectivity index (χ0n) is 17.5. The van der Waals surface area contributed by atoms with Crippen LogP contribution in [0.15, 0.2) is 78.9 Å². The predicted octanol–water partition coefficient (Wildman–Crippen LogP) is 3.06. The second-order valence-corrected chi connectivity index (χ2v) is 7.70. The predicted molar refractivity (Wildman–Crippen MR) is 122 cm³/mol. The van der Waals surface area contributed by atoms with E-state index in [1.165, 1.54) is 0 Å². The molecule has 7 nitrogen and oxygen atoms in total. The van der Waals surface area contributed by atoms with Crippen LogP contribution >= 0.6 is 0 Å². The van der Waals surface area contributed by atoms with Crippen molar-refractivity contribution in [2.75, 3.05) is 5.32 Å². The second-order valence-electron chi connectivity index (χ2n) is 7.70. The fourth-order valence-corrected chi connectivity index (χ4v) is 3.76. The molecule has 0 aliphatic carbocycles. The standard InChI is InChI=1S/C25H24N4O3/c26-23(30)19-11-12-20-16-29(25(32)27-15-18-9-5-2-6-10-18)22(24(31)28-21(20)14-19)13-17-7-3-1-4-8-17/h1-12,14,22H,13,15-16H2,(H2,26,30)(H,27,32)(H,28,31). The summed E-state index contributed by atoms with van der Waals surface area (Å²) in [6.07, 6.45) is 0.363. The van der Waals surface area contributed by atoms with E-state index in [4.69, 9.17) is 5.73 Å². The van der Waals surface area contributed by atoms with Gasteiger partial charge in [-0.2, -0.15) is 0 Å². The maximum Gasteiger partial charge on any atom is 0.318 e. The minimum Gasteiger partial charge on any atom is -0.366 e. The highest BCUT2D eigenvalue weighted by molar-refractivity contribution is 6.01. The van der Waals surface area contributed by atoms with E-state index >= 15 is 0 Å². The number of anilines is 1. The zero-order chi connectivity index (χ0) is 22.5. The molecule has 3 aromatic rings. The monoisotopic (exact) mass is 428 g/mol. The molecule has 1 aliphatic heterocycles. The van der Waals surface area contributed by atoms with E-state index in [-0.39, 0.29) is 18.5 Å². The van der Waals surface area contributed by atoms with Gasteiger partial charge in [-0.3, -0.25) is 9.59 Å². The van der Waals surface area contributed by atoms with E-state index < -0.39 is 11.9 Å². The van der Waals surface area contributed by atoms with Gasteiger partial charge in [0, 0.05) is 24.2 Å². The van der Waals surface area contributed by atoms with Gasteiger partial charge in [0.15, 0.2) is 0 Å². The molecule has 0 aromatic heterocycles. The summed E-state index contributed by atoms with van der Waals surface area (Å²) < 4.78 is 0. The quantitative estimate of drug-likeness (QED) is 0.582. The van der Waals surface area contributed by atoms with Crippen molar-refractivity contribution in [1.82, 2.24) is 10.2 Å². The summed E-state index contributed by atoms with van der Waals surface area (Å²) in [5.41, 5.74) is 8.82. The Morgan fingerprint density at radius 3 is 2.28 bits per heavy atom. The molecule has 3 aromatic carbocycles. The SMILES string of the molecule is NC(=O)c1ccc2c(c1)NC(=O)C(Cc1ccccc1)N(C(=O)NCc1ccccc1)C2. The highest BCUT2D eigenvalue weighted by Gasteiger charge is 2.34. The molecule has 1 unspecified atom stereocenters. The van der Waals surface area contributed by atoms with E-state index in [1.54, 1.807) is 23.1 Å². The van der Waals surface area contributed by atoms with E-state index in [1.807, 2.05) is 60.7 Å². The molecule has 162 valence electrons. The molecule has 0 fully saturated rings. The molecule has 0 radical (unpaired) electrons. The van der Waals surface area contributed by atoms with Gasteiger partial charge in [0.05, 0.1) is 6.54 Å². The molecule has 32 heavy (non-hydrogen) atoms. The lowest BCUT2D eigenvalue weighted by molar-refractivity contribution is -0.120. The summed E-state index contributed by atoms with van der Waals surface area (Å²) in [6.45, 7) is 0.564. The fourth-order valence-electron chi connectivity index (χ4n) is 3.76. The molecule has 7 heteroatoms. The second kappa shape index (κ2) is 9.34. The van der Waals surface area contributed by atoms with Crippen LogP contribution in [0.2, 0.25) is 0 Å². The van der Waals surface area contributed by atoms with Crippen molar-refractivity contribution in [1.29, 1.82) is 0 Å².